The molecule has 0 unspecified atom stereocenters. The van der Waals surface area contributed by atoms with Crippen LogP contribution in [0.2, 0.25) is 0 Å². The smallest absolute Gasteiger partial charge is 0.306 e. The van der Waals surface area contributed by atoms with E-state index in [1.54, 1.807) is 0 Å². The number of piperidine rings is 1. The molecule has 1 saturated heterocycles. The quantitative estimate of drug-likeness (QED) is 0.887. The SMILES string of the molecule is CCCOc1cccc(N2CCC(C(=O)O)CC2)c1. The lowest BCUT2D eigenvalue weighted by atomic mass is 9.97. The van der Waals surface area contributed by atoms with Crippen molar-refractivity contribution in [1.82, 2.24) is 0 Å². The molecule has 1 aromatic carbocycles. The minimum Gasteiger partial charge on any atom is -0.494 e. The number of ether oxygens (including phenoxy) is 1. The van der Waals surface area contributed by atoms with E-state index in [-0.39, 0.29) is 5.92 Å². The highest BCUT2D eigenvalue weighted by atomic mass is 16.5. The highest BCUT2D eigenvalue weighted by molar-refractivity contribution is 5.70. The first-order valence-corrected chi connectivity index (χ1v) is 6.91. The number of carbonyl (C=O) groups is 1. The van der Waals surface area contributed by atoms with Crippen LogP contribution >= 0.6 is 0 Å². The summed E-state index contributed by atoms with van der Waals surface area (Å²) in [5.41, 5.74) is 1.12. The van der Waals surface area contributed by atoms with Crippen molar-refractivity contribution in [2.75, 3.05) is 24.6 Å². The van der Waals surface area contributed by atoms with Gasteiger partial charge in [-0.05, 0) is 31.4 Å². The van der Waals surface area contributed by atoms with Gasteiger partial charge in [-0.3, -0.25) is 4.79 Å². The molecule has 0 atom stereocenters. The Bertz CT molecular complexity index is 425. The van der Waals surface area contributed by atoms with Gasteiger partial charge in [0.1, 0.15) is 5.75 Å². The summed E-state index contributed by atoms with van der Waals surface area (Å²) in [6.07, 6.45) is 2.43. The molecule has 1 aromatic rings. The van der Waals surface area contributed by atoms with Crippen molar-refractivity contribution < 1.29 is 14.6 Å². The maximum absolute atomic E-state index is 10.9. The number of benzene rings is 1. The largest absolute Gasteiger partial charge is 0.494 e. The van der Waals surface area contributed by atoms with Gasteiger partial charge in [-0.15, -0.1) is 0 Å². The molecular formula is C15H21NO3. The molecule has 0 aromatic heterocycles. The Morgan fingerprint density at radius 1 is 1.42 bits per heavy atom. The molecule has 0 spiro atoms. The lowest BCUT2D eigenvalue weighted by Crippen LogP contribution is -2.36. The van der Waals surface area contributed by atoms with Crippen LogP contribution in [-0.2, 0) is 4.79 Å². The van der Waals surface area contributed by atoms with Crippen LogP contribution in [0, 0.1) is 5.92 Å². The first-order chi connectivity index (χ1) is 9.20. The van der Waals surface area contributed by atoms with Gasteiger partial charge in [-0.1, -0.05) is 13.0 Å². The minimum atomic E-state index is -0.667. The van der Waals surface area contributed by atoms with E-state index in [0.29, 0.717) is 0 Å². The Morgan fingerprint density at radius 2 is 2.16 bits per heavy atom. The molecule has 0 amide bonds. The van der Waals surface area contributed by atoms with Gasteiger partial charge in [0.25, 0.3) is 0 Å². The monoisotopic (exact) mass is 263 g/mol. The summed E-state index contributed by atoms with van der Waals surface area (Å²) in [5, 5.41) is 9.00. The van der Waals surface area contributed by atoms with Crippen molar-refractivity contribution >= 4 is 11.7 Å². The summed E-state index contributed by atoms with van der Waals surface area (Å²) in [7, 11) is 0. The van der Waals surface area contributed by atoms with Crippen molar-refractivity contribution in [3.63, 3.8) is 0 Å². The molecule has 0 bridgehead atoms. The maximum atomic E-state index is 10.9. The van der Waals surface area contributed by atoms with Gasteiger partial charge >= 0.3 is 5.97 Å². The molecule has 1 aliphatic heterocycles. The van der Waals surface area contributed by atoms with Crippen molar-refractivity contribution in [1.29, 1.82) is 0 Å². The molecule has 0 radical (unpaired) electrons. The van der Waals surface area contributed by atoms with Crippen LogP contribution in [0.4, 0.5) is 5.69 Å². The standard InChI is InChI=1S/C15H21NO3/c1-2-10-19-14-5-3-4-13(11-14)16-8-6-12(7-9-16)15(17)18/h3-5,11-12H,2,6-10H2,1H3,(H,17,18). The molecule has 19 heavy (non-hydrogen) atoms. The minimum absolute atomic E-state index is 0.184. The molecule has 1 aliphatic rings. The average Bonchev–Trinajstić information content (AvgIpc) is 2.45. The van der Waals surface area contributed by atoms with Gasteiger partial charge in [-0.25, -0.2) is 0 Å². The zero-order chi connectivity index (χ0) is 13.7. The second kappa shape index (κ2) is 6.45. The normalized spacial score (nSPS) is 16.4. The van der Waals surface area contributed by atoms with Crippen molar-refractivity contribution in [2.45, 2.75) is 26.2 Å². The Hall–Kier alpha value is -1.71. The number of nitrogens with zero attached hydrogens (tertiary/aromatic N) is 1. The van der Waals surface area contributed by atoms with Crippen LogP contribution < -0.4 is 9.64 Å². The van der Waals surface area contributed by atoms with E-state index in [1.807, 2.05) is 18.2 Å². The number of anilines is 1. The number of carboxylic acid groups (broad SMARTS) is 1. The summed E-state index contributed by atoms with van der Waals surface area (Å²) >= 11 is 0. The fraction of sp³-hybridized carbons (Fsp3) is 0.533. The third-order valence-electron chi connectivity index (χ3n) is 3.50. The fourth-order valence-electron chi connectivity index (χ4n) is 2.37. The maximum Gasteiger partial charge on any atom is 0.306 e. The van der Waals surface area contributed by atoms with Crippen LogP contribution in [0.1, 0.15) is 26.2 Å². The van der Waals surface area contributed by atoms with Gasteiger partial charge in [0.2, 0.25) is 0 Å². The summed E-state index contributed by atoms with van der Waals surface area (Å²) in [4.78, 5) is 13.2. The van der Waals surface area contributed by atoms with E-state index in [9.17, 15) is 4.79 Å². The van der Waals surface area contributed by atoms with E-state index in [2.05, 4.69) is 17.9 Å². The third kappa shape index (κ3) is 3.63. The molecule has 0 saturated carbocycles. The molecule has 104 valence electrons. The number of hydrogen-bond acceptors (Lipinski definition) is 3. The highest BCUT2D eigenvalue weighted by Crippen LogP contribution is 2.26. The molecule has 0 aliphatic carbocycles. The lowest BCUT2D eigenvalue weighted by molar-refractivity contribution is -0.142. The summed E-state index contributed by atoms with van der Waals surface area (Å²) in [5.74, 6) is 0.0372. The van der Waals surface area contributed by atoms with Crippen LogP contribution in [-0.4, -0.2) is 30.8 Å². The topological polar surface area (TPSA) is 49.8 Å². The summed E-state index contributed by atoms with van der Waals surface area (Å²) in [6, 6.07) is 8.05. The predicted octanol–water partition coefficient (Wildman–Crippen LogP) is 2.78. The van der Waals surface area contributed by atoms with E-state index in [0.717, 1.165) is 50.4 Å². The highest BCUT2D eigenvalue weighted by Gasteiger charge is 2.24. The van der Waals surface area contributed by atoms with Gasteiger partial charge in [0.05, 0.1) is 12.5 Å². The average molecular weight is 263 g/mol. The van der Waals surface area contributed by atoms with Gasteiger partial charge in [0.15, 0.2) is 0 Å². The van der Waals surface area contributed by atoms with Crippen molar-refractivity contribution in [2.24, 2.45) is 5.92 Å². The van der Waals surface area contributed by atoms with Crippen molar-refractivity contribution in [3.8, 4) is 5.75 Å². The van der Waals surface area contributed by atoms with Crippen LogP contribution in [0.3, 0.4) is 0 Å². The zero-order valence-corrected chi connectivity index (χ0v) is 11.3. The van der Waals surface area contributed by atoms with Gasteiger partial charge in [-0.2, -0.15) is 0 Å². The Balaban J connectivity index is 1.97. The van der Waals surface area contributed by atoms with Crippen LogP contribution in [0.5, 0.6) is 5.75 Å². The van der Waals surface area contributed by atoms with E-state index in [1.165, 1.54) is 0 Å². The second-order valence-corrected chi connectivity index (χ2v) is 4.95. The number of rotatable bonds is 5. The van der Waals surface area contributed by atoms with Crippen LogP contribution in [0.15, 0.2) is 24.3 Å². The number of hydrogen-bond donors (Lipinski definition) is 1. The fourth-order valence-corrected chi connectivity index (χ4v) is 2.37. The van der Waals surface area contributed by atoms with Gasteiger partial charge < -0.3 is 14.7 Å². The zero-order valence-electron chi connectivity index (χ0n) is 11.3. The van der Waals surface area contributed by atoms with Crippen molar-refractivity contribution in [3.05, 3.63) is 24.3 Å². The molecule has 1 heterocycles. The first kappa shape index (κ1) is 13.7. The molecule has 4 nitrogen and oxygen atoms in total. The molecule has 1 fully saturated rings. The van der Waals surface area contributed by atoms with Crippen LogP contribution in [0.25, 0.3) is 0 Å². The number of aliphatic carboxylic acids is 1. The first-order valence-electron chi connectivity index (χ1n) is 6.91. The Labute approximate surface area is 114 Å². The van der Waals surface area contributed by atoms with E-state index < -0.39 is 5.97 Å². The Kier molecular flexibility index (Phi) is 4.66. The molecular weight excluding hydrogens is 242 g/mol. The molecule has 4 heteroatoms. The summed E-state index contributed by atoms with van der Waals surface area (Å²) in [6.45, 7) is 4.41. The predicted molar refractivity (Wildman–Crippen MR) is 74.8 cm³/mol. The van der Waals surface area contributed by atoms with Gasteiger partial charge in [0, 0.05) is 24.8 Å². The Morgan fingerprint density at radius 3 is 2.79 bits per heavy atom. The third-order valence-corrected chi connectivity index (χ3v) is 3.50. The molecule has 1 N–H and O–H groups in total. The lowest BCUT2D eigenvalue weighted by Gasteiger charge is -2.32. The number of carboxylic acids is 1. The molecule has 2 rings (SSSR count). The van der Waals surface area contributed by atoms with E-state index in [4.69, 9.17) is 9.84 Å². The summed E-state index contributed by atoms with van der Waals surface area (Å²) < 4.78 is 5.63. The van der Waals surface area contributed by atoms with E-state index >= 15 is 0 Å². The second-order valence-electron chi connectivity index (χ2n) is 4.95.